The average Bonchev–Trinajstić information content (AvgIpc) is 2.98. The van der Waals surface area contributed by atoms with Crippen LogP contribution in [0.2, 0.25) is 0 Å². The second-order valence-corrected chi connectivity index (χ2v) is 5.67. The van der Waals surface area contributed by atoms with Crippen molar-refractivity contribution < 1.29 is 9.53 Å². The molecule has 1 aliphatic rings. The predicted molar refractivity (Wildman–Crippen MR) is 79.4 cm³/mol. The number of hydrogen-bond acceptors (Lipinski definition) is 3. The molecule has 4 heteroatoms. The molecule has 1 aromatic carbocycles. The number of nitrogens with one attached hydrogen (secondary N) is 1. The van der Waals surface area contributed by atoms with E-state index in [9.17, 15) is 4.79 Å². The van der Waals surface area contributed by atoms with E-state index < -0.39 is 0 Å². The van der Waals surface area contributed by atoms with Gasteiger partial charge in [-0.3, -0.25) is 4.79 Å². The number of rotatable bonds is 5. The van der Waals surface area contributed by atoms with Gasteiger partial charge in [-0.15, -0.1) is 0 Å². The lowest BCUT2D eigenvalue weighted by Gasteiger charge is -2.16. The van der Waals surface area contributed by atoms with E-state index in [0.717, 1.165) is 18.4 Å². The summed E-state index contributed by atoms with van der Waals surface area (Å²) in [7, 11) is 0. The Labute approximate surface area is 120 Å². The Morgan fingerprint density at radius 2 is 2.00 bits per heavy atom. The number of amides is 1. The largest absolute Gasteiger partial charge is 0.368 e. The molecule has 0 radical (unpaired) electrons. The lowest BCUT2D eigenvalue weighted by atomic mass is 9.99. The monoisotopic (exact) mass is 276 g/mol. The molecule has 0 aromatic heterocycles. The summed E-state index contributed by atoms with van der Waals surface area (Å²) in [6.07, 6.45) is 1.48. The van der Waals surface area contributed by atoms with E-state index in [4.69, 9.17) is 10.5 Å². The third-order valence-electron chi connectivity index (χ3n) is 3.75. The van der Waals surface area contributed by atoms with Gasteiger partial charge in [0.1, 0.15) is 6.10 Å². The minimum Gasteiger partial charge on any atom is -0.368 e. The predicted octanol–water partition coefficient (Wildman–Crippen LogP) is 2.10. The maximum Gasteiger partial charge on any atom is 0.249 e. The van der Waals surface area contributed by atoms with Gasteiger partial charge in [0.15, 0.2) is 0 Å². The molecule has 0 saturated carbocycles. The summed E-state index contributed by atoms with van der Waals surface area (Å²) in [6.45, 7) is 5.45. The molecule has 1 aromatic rings. The Morgan fingerprint density at radius 1 is 1.35 bits per heavy atom. The Bertz CT molecular complexity index is 436. The van der Waals surface area contributed by atoms with Crippen molar-refractivity contribution in [1.29, 1.82) is 0 Å². The summed E-state index contributed by atoms with van der Waals surface area (Å²) in [5.41, 5.74) is 8.45. The Balaban J connectivity index is 1.84. The van der Waals surface area contributed by atoms with Gasteiger partial charge >= 0.3 is 0 Å². The molecule has 4 nitrogen and oxygen atoms in total. The van der Waals surface area contributed by atoms with Crippen molar-refractivity contribution in [2.24, 2.45) is 5.73 Å². The van der Waals surface area contributed by atoms with Crippen LogP contribution >= 0.6 is 0 Å². The van der Waals surface area contributed by atoms with Gasteiger partial charge in [-0.1, -0.05) is 38.1 Å². The molecule has 1 amide bonds. The summed E-state index contributed by atoms with van der Waals surface area (Å²) >= 11 is 0. The summed E-state index contributed by atoms with van der Waals surface area (Å²) < 4.78 is 5.34. The van der Waals surface area contributed by atoms with Gasteiger partial charge in [-0.25, -0.2) is 0 Å². The molecule has 2 unspecified atom stereocenters. The van der Waals surface area contributed by atoms with Crippen molar-refractivity contribution in [3.05, 3.63) is 35.4 Å². The molecule has 110 valence electrons. The fourth-order valence-electron chi connectivity index (χ4n) is 2.35. The van der Waals surface area contributed by atoms with Gasteiger partial charge in [0, 0.05) is 19.2 Å². The van der Waals surface area contributed by atoms with Crippen molar-refractivity contribution in [3.8, 4) is 0 Å². The average molecular weight is 276 g/mol. The molecular formula is C16H24N2O2. The van der Waals surface area contributed by atoms with Gasteiger partial charge in [0.2, 0.25) is 5.91 Å². The van der Waals surface area contributed by atoms with E-state index in [2.05, 4.69) is 31.3 Å². The first-order valence-corrected chi connectivity index (χ1v) is 7.32. The maximum absolute atomic E-state index is 11.8. The SMILES string of the molecule is CC(C)c1ccc(C(N)CNC(=O)C2CCCO2)cc1. The van der Waals surface area contributed by atoms with Crippen molar-refractivity contribution in [1.82, 2.24) is 5.32 Å². The molecule has 0 aliphatic carbocycles. The zero-order chi connectivity index (χ0) is 14.5. The standard InChI is InChI=1S/C16H24N2O2/c1-11(2)12-5-7-13(8-6-12)14(17)10-18-16(19)15-4-3-9-20-15/h5-8,11,14-15H,3-4,9-10,17H2,1-2H3,(H,18,19). The molecule has 0 spiro atoms. The van der Waals surface area contributed by atoms with E-state index in [1.54, 1.807) is 0 Å². The second-order valence-electron chi connectivity index (χ2n) is 5.67. The van der Waals surface area contributed by atoms with Gasteiger partial charge in [0.05, 0.1) is 0 Å². The van der Waals surface area contributed by atoms with E-state index in [0.29, 0.717) is 19.1 Å². The van der Waals surface area contributed by atoms with Gasteiger partial charge in [-0.05, 0) is 29.9 Å². The van der Waals surface area contributed by atoms with Crippen LogP contribution in [0.3, 0.4) is 0 Å². The molecule has 1 aliphatic heterocycles. The highest BCUT2D eigenvalue weighted by atomic mass is 16.5. The minimum atomic E-state index is -0.287. The molecule has 2 atom stereocenters. The number of carbonyl (C=O) groups is 1. The molecule has 1 fully saturated rings. The van der Waals surface area contributed by atoms with Crippen LogP contribution in [0.4, 0.5) is 0 Å². The van der Waals surface area contributed by atoms with Crippen LogP contribution in [0.5, 0.6) is 0 Å². The van der Waals surface area contributed by atoms with E-state index in [1.165, 1.54) is 5.56 Å². The third-order valence-corrected chi connectivity index (χ3v) is 3.75. The molecule has 0 bridgehead atoms. The van der Waals surface area contributed by atoms with E-state index >= 15 is 0 Å². The van der Waals surface area contributed by atoms with Crippen LogP contribution in [-0.2, 0) is 9.53 Å². The Kier molecular flexibility index (Phi) is 5.15. The Morgan fingerprint density at radius 3 is 2.55 bits per heavy atom. The topological polar surface area (TPSA) is 64.3 Å². The van der Waals surface area contributed by atoms with Crippen molar-refractivity contribution in [2.45, 2.75) is 44.8 Å². The number of benzene rings is 1. The normalized spacial score (nSPS) is 20.1. The highest BCUT2D eigenvalue weighted by Crippen LogP contribution is 2.17. The fraction of sp³-hybridized carbons (Fsp3) is 0.562. The first kappa shape index (κ1) is 15.0. The molecule has 1 heterocycles. The van der Waals surface area contributed by atoms with E-state index in [-0.39, 0.29) is 18.1 Å². The number of nitrogens with two attached hydrogens (primary N) is 1. The van der Waals surface area contributed by atoms with Crippen LogP contribution in [-0.4, -0.2) is 25.2 Å². The summed E-state index contributed by atoms with van der Waals surface area (Å²) in [4.78, 5) is 11.8. The maximum atomic E-state index is 11.8. The molecule has 20 heavy (non-hydrogen) atoms. The van der Waals surface area contributed by atoms with Crippen molar-refractivity contribution >= 4 is 5.91 Å². The summed E-state index contributed by atoms with van der Waals surface area (Å²) in [5, 5.41) is 2.87. The lowest BCUT2D eigenvalue weighted by Crippen LogP contribution is -2.38. The Hall–Kier alpha value is -1.39. The second kappa shape index (κ2) is 6.86. The van der Waals surface area contributed by atoms with Crippen LogP contribution in [0.25, 0.3) is 0 Å². The quantitative estimate of drug-likeness (QED) is 0.865. The highest BCUT2D eigenvalue weighted by molar-refractivity contribution is 5.81. The lowest BCUT2D eigenvalue weighted by molar-refractivity contribution is -0.130. The van der Waals surface area contributed by atoms with Gasteiger partial charge in [0.25, 0.3) is 0 Å². The molecule has 1 saturated heterocycles. The number of ether oxygens (including phenoxy) is 1. The molecule has 3 N–H and O–H groups in total. The molecule has 2 rings (SSSR count). The number of carbonyl (C=O) groups excluding carboxylic acids is 1. The molecular weight excluding hydrogens is 252 g/mol. The van der Waals surface area contributed by atoms with Crippen LogP contribution < -0.4 is 11.1 Å². The summed E-state index contributed by atoms with van der Waals surface area (Å²) in [6, 6.07) is 8.10. The number of hydrogen-bond donors (Lipinski definition) is 2. The highest BCUT2D eigenvalue weighted by Gasteiger charge is 2.23. The first-order chi connectivity index (χ1) is 9.58. The zero-order valence-corrected chi connectivity index (χ0v) is 12.3. The minimum absolute atomic E-state index is 0.0447. The summed E-state index contributed by atoms with van der Waals surface area (Å²) in [5.74, 6) is 0.469. The van der Waals surface area contributed by atoms with Crippen LogP contribution in [0.1, 0.15) is 49.8 Å². The van der Waals surface area contributed by atoms with Crippen LogP contribution in [0, 0.1) is 0 Å². The van der Waals surface area contributed by atoms with E-state index in [1.807, 2.05) is 12.1 Å². The van der Waals surface area contributed by atoms with Crippen molar-refractivity contribution in [2.75, 3.05) is 13.2 Å². The van der Waals surface area contributed by atoms with Gasteiger partial charge < -0.3 is 15.8 Å². The van der Waals surface area contributed by atoms with Crippen molar-refractivity contribution in [3.63, 3.8) is 0 Å². The fourth-order valence-corrected chi connectivity index (χ4v) is 2.35. The van der Waals surface area contributed by atoms with Gasteiger partial charge in [-0.2, -0.15) is 0 Å². The zero-order valence-electron chi connectivity index (χ0n) is 12.3. The smallest absolute Gasteiger partial charge is 0.249 e. The van der Waals surface area contributed by atoms with Crippen LogP contribution in [0.15, 0.2) is 24.3 Å². The first-order valence-electron chi connectivity index (χ1n) is 7.32. The third kappa shape index (κ3) is 3.81.